The van der Waals surface area contributed by atoms with Crippen LogP contribution < -0.4 is 10.4 Å². The topological polar surface area (TPSA) is 51.2 Å². The van der Waals surface area contributed by atoms with Gasteiger partial charge in [-0.05, 0) is 42.7 Å². The Bertz CT molecular complexity index is 705. The summed E-state index contributed by atoms with van der Waals surface area (Å²) in [6.45, 7) is 6.73. The van der Waals surface area contributed by atoms with Crippen LogP contribution in [0, 0.1) is 17.8 Å². The number of aromatic nitrogens is 1. The monoisotopic (exact) mass is 378 g/mol. The molecule has 0 amide bonds. The molecule has 4 nitrogen and oxygen atoms in total. The van der Waals surface area contributed by atoms with Crippen LogP contribution >= 0.6 is 18.9 Å². The Morgan fingerprint density at radius 1 is 1.28 bits per heavy atom. The van der Waals surface area contributed by atoms with Crippen LogP contribution in [0.1, 0.15) is 40.0 Å². The van der Waals surface area contributed by atoms with E-state index in [-0.39, 0.29) is 6.10 Å². The molecule has 1 aromatic heterocycles. The van der Waals surface area contributed by atoms with Gasteiger partial charge in [-0.15, -0.1) is 11.3 Å². The average molecular weight is 378 g/mol. The normalized spacial score (nSPS) is 26.3. The van der Waals surface area contributed by atoms with Crippen LogP contribution in [0.2, 0.25) is 0 Å². The van der Waals surface area contributed by atoms with Crippen LogP contribution in [-0.4, -0.2) is 11.1 Å². The molecule has 1 aliphatic carbocycles. The maximum Gasteiger partial charge on any atom is 0.326 e. The first-order valence-electron chi connectivity index (χ1n) is 9.00. The van der Waals surface area contributed by atoms with E-state index in [1.165, 1.54) is 17.8 Å². The number of benzene rings is 1. The lowest BCUT2D eigenvalue weighted by Crippen LogP contribution is -2.35. The van der Waals surface area contributed by atoms with Crippen LogP contribution in [0.4, 0.5) is 5.13 Å². The molecule has 0 spiro atoms. The van der Waals surface area contributed by atoms with Gasteiger partial charge in [0.05, 0.1) is 11.4 Å². The van der Waals surface area contributed by atoms with Crippen LogP contribution in [0.25, 0.3) is 0 Å². The molecule has 6 heteroatoms. The zero-order valence-corrected chi connectivity index (χ0v) is 16.8. The molecule has 1 fully saturated rings. The summed E-state index contributed by atoms with van der Waals surface area (Å²) in [6.07, 6.45) is 5.02. The fourth-order valence-electron chi connectivity index (χ4n) is 3.61. The number of hydrogen-bond donors (Lipinski definition) is 1. The number of nitrogens with zero attached hydrogens (tertiary/aromatic N) is 1. The highest BCUT2D eigenvalue weighted by molar-refractivity contribution is 7.68. The maximum absolute atomic E-state index is 13.9. The summed E-state index contributed by atoms with van der Waals surface area (Å²) in [5, 5.41) is 6.32. The number of rotatable bonds is 6. The Balaban J connectivity index is 1.90. The minimum absolute atomic E-state index is 0.00208. The molecule has 0 aliphatic heterocycles. The SMILES string of the molecule is CC(C)[C@@H]1CC[C@@H](C)C[C@@H]1O[P@](=O)(Nc1nccs1)c1ccccc1. The number of nitrogens with one attached hydrogen (secondary N) is 1. The summed E-state index contributed by atoms with van der Waals surface area (Å²) in [5.41, 5.74) is 0. The molecule has 136 valence electrons. The Morgan fingerprint density at radius 2 is 2.04 bits per heavy atom. The fraction of sp³-hybridized carbons (Fsp3) is 0.526. The lowest BCUT2D eigenvalue weighted by Gasteiger charge is -2.38. The Labute approximate surface area is 154 Å². The lowest BCUT2D eigenvalue weighted by atomic mass is 9.75. The molecule has 1 aromatic carbocycles. The summed E-state index contributed by atoms with van der Waals surface area (Å²) in [4.78, 5) is 4.24. The first kappa shape index (κ1) is 18.6. The molecule has 25 heavy (non-hydrogen) atoms. The summed E-state index contributed by atoms with van der Waals surface area (Å²) < 4.78 is 20.3. The summed E-state index contributed by atoms with van der Waals surface area (Å²) in [5.74, 6) is 1.55. The highest BCUT2D eigenvalue weighted by Gasteiger charge is 2.38. The smallest absolute Gasteiger partial charge is 0.306 e. The van der Waals surface area contributed by atoms with Gasteiger partial charge in [0, 0.05) is 11.6 Å². The van der Waals surface area contributed by atoms with E-state index in [1.807, 2.05) is 35.7 Å². The molecule has 1 aliphatic rings. The van der Waals surface area contributed by atoms with Crippen LogP contribution in [0.5, 0.6) is 0 Å². The molecule has 1 heterocycles. The minimum atomic E-state index is -3.23. The Kier molecular flexibility index (Phi) is 5.98. The van der Waals surface area contributed by atoms with Gasteiger partial charge >= 0.3 is 7.52 Å². The van der Waals surface area contributed by atoms with Crippen molar-refractivity contribution in [2.75, 3.05) is 5.09 Å². The molecular weight excluding hydrogens is 351 g/mol. The van der Waals surface area contributed by atoms with E-state index in [1.54, 1.807) is 6.20 Å². The first-order chi connectivity index (χ1) is 12.0. The van der Waals surface area contributed by atoms with Crippen molar-refractivity contribution >= 4 is 29.3 Å². The molecule has 3 rings (SSSR count). The molecule has 0 unspecified atom stereocenters. The summed E-state index contributed by atoms with van der Waals surface area (Å²) >= 11 is 1.44. The highest BCUT2D eigenvalue weighted by atomic mass is 32.1. The molecule has 1 N–H and O–H groups in total. The largest absolute Gasteiger partial charge is 0.326 e. The van der Waals surface area contributed by atoms with Gasteiger partial charge in [-0.3, -0.25) is 9.65 Å². The second-order valence-corrected chi connectivity index (χ2v) is 10.3. The minimum Gasteiger partial charge on any atom is -0.306 e. The van der Waals surface area contributed by atoms with E-state index in [4.69, 9.17) is 4.52 Å². The van der Waals surface area contributed by atoms with Gasteiger partial charge in [0.1, 0.15) is 0 Å². The molecule has 4 atom stereocenters. The second-order valence-electron chi connectivity index (χ2n) is 7.31. The summed E-state index contributed by atoms with van der Waals surface area (Å²) in [6, 6.07) is 9.48. The van der Waals surface area contributed by atoms with E-state index >= 15 is 0 Å². The van der Waals surface area contributed by atoms with Crippen LogP contribution in [-0.2, 0) is 9.09 Å². The van der Waals surface area contributed by atoms with E-state index in [9.17, 15) is 4.57 Å². The molecule has 0 saturated heterocycles. The zero-order valence-electron chi connectivity index (χ0n) is 15.1. The molecule has 0 bridgehead atoms. The molecular formula is C19H27N2O2PS. The first-order valence-corrected chi connectivity index (χ1v) is 11.5. The standard InChI is InChI=1S/C19H27N2O2PS/c1-14(2)17-10-9-15(3)13-18(17)23-24(22,16-7-5-4-6-8-16)21-19-20-11-12-25-19/h4-8,11-12,14-15,17-18H,9-10,13H2,1-3H3,(H,20,21,22)/t15-,17+,18+,24+/m1/s1. The Morgan fingerprint density at radius 3 is 2.68 bits per heavy atom. The van der Waals surface area contributed by atoms with E-state index < -0.39 is 7.52 Å². The van der Waals surface area contributed by atoms with Crippen LogP contribution in [0.15, 0.2) is 41.9 Å². The summed E-state index contributed by atoms with van der Waals surface area (Å²) in [7, 11) is -3.23. The van der Waals surface area contributed by atoms with Crippen molar-refractivity contribution in [1.82, 2.24) is 4.98 Å². The lowest BCUT2D eigenvalue weighted by molar-refractivity contribution is 0.0506. The third-order valence-electron chi connectivity index (χ3n) is 5.02. The van der Waals surface area contributed by atoms with E-state index in [2.05, 4.69) is 30.8 Å². The number of thiazole rings is 1. The van der Waals surface area contributed by atoms with Crippen LogP contribution in [0.3, 0.4) is 0 Å². The van der Waals surface area contributed by atoms with Crippen molar-refractivity contribution in [2.24, 2.45) is 17.8 Å². The van der Waals surface area contributed by atoms with Crippen molar-refractivity contribution in [2.45, 2.75) is 46.1 Å². The molecule has 2 aromatic rings. The molecule has 1 saturated carbocycles. The van der Waals surface area contributed by atoms with E-state index in [0.717, 1.165) is 12.8 Å². The fourth-order valence-corrected chi connectivity index (χ4v) is 6.35. The van der Waals surface area contributed by atoms with Gasteiger partial charge in [-0.25, -0.2) is 4.98 Å². The van der Waals surface area contributed by atoms with Gasteiger partial charge in [0.2, 0.25) is 0 Å². The van der Waals surface area contributed by atoms with Crippen molar-refractivity contribution in [3.63, 3.8) is 0 Å². The third-order valence-corrected chi connectivity index (χ3v) is 7.91. The third kappa shape index (κ3) is 4.52. The number of hydrogen-bond acceptors (Lipinski definition) is 4. The van der Waals surface area contributed by atoms with E-state index in [0.29, 0.717) is 28.2 Å². The van der Waals surface area contributed by atoms with Gasteiger partial charge in [-0.1, -0.05) is 45.4 Å². The maximum atomic E-state index is 13.9. The van der Waals surface area contributed by atoms with Crippen molar-refractivity contribution in [3.8, 4) is 0 Å². The van der Waals surface area contributed by atoms with Crippen molar-refractivity contribution < 1.29 is 9.09 Å². The van der Waals surface area contributed by atoms with Gasteiger partial charge in [0.25, 0.3) is 0 Å². The van der Waals surface area contributed by atoms with Gasteiger partial charge in [-0.2, -0.15) is 0 Å². The highest BCUT2D eigenvalue weighted by Crippen LogP contribution is 2.51. The quantitative estimate of drug-likeness (QED) is 0.670. The average Bonchev–Trinajstić information content (AvgIpc) is 3.08. The predicted octanol–water partition coefficient (Wildman–Crippen LogP) is 5.55. The second kappa shape index (κ2) is 8.03. The predicted molar refractivity (Wildman–Crippen MR) is 106 cm³/mol. The van der Waals surface area contributed by atoms with Crippen molar-refractivity contribution in [1.29, 1.82) is 0 Å². The van der Waals surface area contributed by atoms with Gasteiger partial charge in [0.15, 0.2) is 5.13 Å². The zero-order chi connectivity index (χ0) is 17.9. The molecule has 0 radical (unpaired) electrons. The number of anilines is 1. The van der Waals surface area contributed by atoms with Gasteiger partial charge < -0.3 is 4.52 Å². The van der Waals surface area contributed by atoms with Crippen molar-refractivity contribution in [3.05, 3.63) is 41.9 Å². The Hall–Kier alpha value is -1.16.